The van der Waals surface area contributed by atoms with E-state index in [4.69, 9.17) is 10.5 Å². The third kappa shape index (κ3) is 6.53. The molecule has 2 atom stereocenters. The fourth-order valence-corrected chi connectivity index (χ4v) is 2.31. The van der Waals surface area contributed by atoms with Gasteiger partial charge in [-0.25, -0.2) is 0 Å². The number of aryl methyl sites for hydroxylation is 1. The van der Waals surface area contributed by atoms with Gasteiger partial charge < -0.3 is 10.5 Å². The molecule has 114 valence electrons. The summed E-state index contributed by atoms with van der Waals surface area (Å²) >= 11 is 0. The molecule has 0 aliphatic rings. The molecule has 0 radical (unpaired) electrons. The van der Waals surface area contributed by atoms with Gasteiger partial charge >= 0.3 is 0 Å². The molecule has 0 aliphatic heterocycles. The summed E-state index contributed by atoms with van der Waals surface area (Å²) in [6.07, 6.45) is 7.84. The van der Waals surface area contributed by atoms with Crippen LogP contribution in [-0.4, -0.2) is 12.7 Å². The minimum atomic E-state index is -0.0318. The fourth-order valence-electron chi connectivity index (χ4n) is 2.31. The number of unbranched alkanes of at least 4 members (excludes halogenated alkanes) is 5. The zero-order valence-electron chi connectivity index (χ0n) is 13.4. The highest BCUT2D eigenvalue weighted by Crippen LogP contribution is 2.17. The van der Waals surface area contributed by atoms with Crippen molar-refractivity contribution in [3.05, 3.63) is 35.4 Å². The van der Waals surface area contributed by atoms with Gasteiger partial charge in [-0.1, -0.05) is 68.9 Å². The van der Waals surface area contributed by atoms with Crippen molar-refractivity contribution in [1.82, 2.24) is 0 Å². The molecule has 2 unspecified atom stereocenters. The zero-order valence-corrected chi connectivity index (χ0v) is 13.4. The van der Waals surface area contributed by atoms with Crippen LogP contribution in [0, 0.1) is 6.92 Å². The Labute approximate surface area is 124 Å². The fraction of sp³-hybridized carbons (Fsp3) is 0.667. The highest BCUT2D eigenvalue weighted by atomic mass is 16.5. The lowest BCUT2D eigenvalue weighted by Gasteiger charge is -2.21. The van der Waals surface area contributed by atoms with Crippen molar-refractivity contribution in [2.45, 2.75) is 71.4 Å². The maximum atomic E-state index is 6.24. The number of hydrogen-bond donors (Lipinski definition) is 1. The number of rotatable bonds is 10. The van der Waals surface area contributed by atoms with Crippen LogP contribution in [0.15, 0.2) is 24.3 Å². The van der Waals surface area contributed by atoms with Gasteiger partial charge in [0.2, 0.25) is 0 Å². The van der Waals surface area contributed by atoms with Crippen molar-refractivity contribution in [3.8, 4) is 0 Å². The second kappa shape index (κ2) is 9.95. The second-order valence-corrected chi connectivity index (χ2v) is 5.78. The lowest BCUT2D eigenvalue weighted by molar-refractivity contribution is 0.0454. The van der Waals surface area contributed by atoms with Crippen molar-refractivity contribution in [3.63, 3.8) is 0 Å². The third-order valence-electron chi connectivity index (χ3n) is 3.85. The first-order chi connectivity index (χ1) is 9.65. The molecule has 2 heteroatoms. The van der Waals surface area contributed by atoms with Gasteiger partial charge in [0.25, 0.3) is 0 Å². The standard InChI is InChI=1S/C18H31NO/c1-4-5-6-7-8-9-14-20-16(3)18(19)17-12-10-15(2)11-13-17/h10-13,16,18H,4-9,14,19H2,1-3H3. The van der Waals surface area contributed by atoms with Crippen LogP contribution in [0.4, 0.5) is 0 Å². The summed E-state index contributed by atoms with van der Waals surface area (Å²) in [5, 5.41) is 0. The van der Waals surface area contributed by atoms with Gasteiger partial charge in [-0.3, -0.25) is 0 Å². The predicted octanol–water partition coefficient (Wildman–Crippen LogP) is 4.76. The predicted molar refractivity (Wildman–Crippen MR) is 86.9 cm³/mol. The molecule has 1 rings (SSSR count). The average Bonchev–Trinajstić information content (AvgIpc) is 2.46. The molecule has 0 heterocycles. The molecule has 0 spiro atoms. The normalized spacial score (nSPS) is 14.2. The van der Waals surface area contributed by atoms with Crippen molar-refractivity contribution in [2.24, 2.45) is 5.73 Å². The Kier molecular flexibility index (Phi) is 8.56. The number of hydrogen-bond acceptors (Lipinski definition) is 2. The van der Waals surface area contributed by atoms with E-state index in [1.165, 1.54) is 37.7 Å². The van der Waals surface area contributed by atoms with Crippen LogP contribution < -0.4 is 5.73 Å². The number of benzene rings is 1. The van der Waals surface area contributed by atoms with E-state index in [1.807, 2.05) is 0 Å². The van der Waals surface area contributed by atoms with Crippen molar-refractivity contribution >= 4 is 0 Å². The van der Waals surface area contributed by atoms with E-state index in [1.54, 1.807) is 0 Å². The summed E-state index contributed by atoms with van der Waals surface area (Å²) in [5.74, 6) is 0. The minimum absolute atomic E-state index is 0.0318. The van der Waals surface area contributed by atoms with Gasteiger partial charge in [-0.05, 0) is 25.8 Å². The topological polar surface area (TPSA) is 35.2 Å². The molecule has 0 bridgehead atoms. The summed E-state index contributed by atoms with van der Waals surface area (Å²) in [7, 11) is 0. The smallest absolute Gasteiger partial charge is 0.0739 e. The molecular weight excluding hydrogens is 246 g/mol. The molecule has 0 saturated heterocycles. The third-order valence-corrected chi connectivity index (χ3v) is 3.85. The van der Waals surface area contributed by atoms with E-state index >= 15 is 0 Å². The van der Waals surface area contributed by atoms with Crippen LogP contribution in [-0.2, 0) is 4.74 Å². The molecule has 2 N–H and O–H groups in total. The maximum absolute atomic E-state index is 6.24. The Bertz CT molecular complexity index is 347. The highest BCUT2D eigenvalue weighted by Gasteiger charge is 2.14. The van der Waals surface area contributed by atoms with Gasteiger partial charge in [-0.15, -0.1) is 0 Å². The first-order valence-electron chi connectivity index (χ1n) is 8.09. The molecule has 2 nitrogen and oxygen atoms in total. The van der Waals surface area contributed by atoms with Crippen LogP contribution in [0.2, 0.25) is 0 Å². The van der Waals surface area contributed by atoms with Crippen LogP contribution >= 0.6 is 0 Å². The van der Waals surface area contributed by atoms with Gasteiger partial charge in [0.05, 0.1) is 12.1 Å². The molecule has 20 heavy (non-hydrogen) atoms. The molecule has 0 amide bonds. The Hall–Kier alpha value is -0.860. The largest absolute Gasteiger partial charge is 0.377 e. The van der Waals surface area contributed by atoms with Gasteiger partial charge in [0.15, 0.2) is 0 Å². The molecule has 1 aromatic rings. The molecular formula is C18H31NO. The second-order valence-electron chi connectivity index (χ2n) is 5.78. The summed E-state index contributed by atoms with van der Waals surface area (Å²) in [6.45, 7) is 7.24. The van der Waals surface area contributed by atoms with Crippen molar-refractivity contribution in [2.75, 3.05) is 6.61 Å². The van der Waals surface area contributed by atoms with Gasteiger partial charge in [-0.2, -0.15) is 0 Å². The molecule has 1 aromatic carbocycles. The van der Waals surface area contributed by atoms with Crippen LogP contribution in [0.3, 0.4) is 0 Å². The maximum Gasteiger partial charge on any atom is 0.0739 e. The Balaban J connectivity index is 2.18. The summed E-state index contributed by atoms with van der Waals surface area (Å²) < 4.78 is 5.87. The lowest BCUT2D eigenvalue weighted by atomic mass is 10.0. The molecule has 0 fully saturated rings. The summed E-state index contributed by atoms with van der Waals surface area (Å²) in [5.41, 5.74) is 8.67. The molecule has 0 aromatic heterocycles. The Morgan fingerprint density at radius 3 is 2.25 bits per heavy atom. The van der Waals surface area contributed by atoms with E-state index in [2.05, 4.69) is 45.0 Å². The van der Waals surface area contributed by atoms with Gasteiger partial charge in [0, 0.05) is 6.61 Å². The first-order valence-corrected chi connectivity index (χ1v) is 8.09. The monoisotopic (exact) mass is 277 g/mol. The highest BCUT2D eigenvalue weighted by molar-refractivity contribution is 5.24. The first kappa shape index (κ1) is 17.2. The zero-order chi connectivity index (χ0) is 14.8. The number of ether oxygens (including phenoxy) is 1. The molecule has 0 aliphatic carbocycles. The summed E-state index contributed by atoms with van der Waals surface area (Å²) in [6, 6.07) is 8.39. The van der Waals surface area contributed by atoms with E-state index < -0.39 is 0 Å². The number of nitrogens with two attached hydrogens (primary N) is 1. The van der Waals surface area contributed by atoms with Crippen LogP contribution in [0.1, 0.15) is 69.5 Å². The average molecular weight is 277 g/mol. The van der Waals surface area contributed by atoms with Crippen LogP contribution in [0.5, 0.6) is 0 Å². The molecule has 0 saturated carbocycles. The minimum Gasteiger partial charge on any atom is -0.377 e. The van der Waals surface area contributed by atoms with E-state index in [0.29, 0.717) is 0 Å². The van der Waals surface area contributed by atoms with E-state index in [9.17, 15) is 0 Å². The van der Waals surface area contributed by atoms with Crippen LogP contribution in [0.25, 0.3) is 0 Å². The van der Waals surface area contributed by atoms with Crippen molar-refractivity contribution < 1.29 is 4.74 Å². The van der Waals surface area contributed by atoms with E-state index in [-0.39, 0.29) is 12.1 Å². The lowest BCUT2D eigenvalue weighted by Crippen LogP contribution is -2.26. The van der Waals surface area contributed by atoms with E-state index in [0.717, 1.165) is 18.6 Å². The van der Waals surface area contributed by atoms with Crippen molar-refractivity contribution in [1.29, 1.82) is 0 Å². The quantitative estimate of drug-likeness (QED) is 0.626. The Morgan fingerprint density at radius 1 is 1.00 bits per heavy atom. The van der Waals surface area contributed by atoms with Gasteiger partial charge in [0.1, 0.15) is 0 Å². The Morgan fingerprint density at radius 2 is 1.60 bits per heavy atom. The SMILES string of the molecule is CCCCCCCCOC(C)C(N)c1ccc(C)cc1. The summed E-state index contributed by atoms with van der Waals surface area (Å²) in [4.78, 5) is 0.